The number of ether oxygens (including phenoxy) is 1. The van der Waals surface area contributed by atoms with Crippen LogP contribution in [0.15, 0.2) is 60.7 Å². The van der Waals surface area contributed by atoms with Gasteiger partial charge < -0.3 is 20.3 Å². The minimum absolute atomic E-state index is 0.0847. The first-order chi connectivity index (χ1) is 17.9. The fourth-order valence-corrected chi connectivity index (χ4v) is 5.38. The second-order valence-corrected chi connectivity index (χ2v) is 12.3. The van der Waals surface area contributed by atoms with Crippen LogP contribution in [0.2, 0.25) is 0 Å². The van der Waals surface area contributed by atoms with Crippen LogP contribution in [-0.4, -0.2) is 58.8 Å². The monoisotopic (exact) mass is 539 g/mol. The van der Waals surface area contributed by atoms with Crippen molar-refractivity contribution in [1.82, 2.24) is 15.5 Å². The molecule has 1 atom stereocenters. The lowest BCUT2D eigenvalue weighted by atomic mass is 9.89. The summed E-state index contributed by atoms with van der Waals surface area (Å²) >= 11 is 1.60. The SMILES string of the molecule is CC(C)(C)OC(=O)NC(C)(C)C(=O)N[C@@H](CSCc1ccccc1)C(=O)N1CCC(c2ccccc2)CC1. The zero-order valence-corrected chi connectivity index (χ0v) is 24.0. The molecule has 0 aromatic heterocycles. The molecule has 1 heterocycles. The van der Waals surface area contributed by atoms with E-state index in [2.05, 4.69) is 34.9 Å². The van der Waals surface area contributed by atoms with Crippen LogP contribution in [0.4, 0.5) is 4.79 Å². The number of nitrogens with zero attached hydrogens (tertiary/aromatic N) is 1. The van der Waals surface area contributed by atoms with E-state index < -0.39 is 29.2 Å². The molecule has 0 bridgehead atoms. The molecule has 0 spiro atoms. The number of nitrogens with one attached hydrogen (secondary N) is 2. The molecule has 38 heavy (non-hydrogen) atoms. The summed E-state index contributed by atoms with van der Waals surface area (Å²) in [6.07, 6.45) is 1.10. The van der Waals surface area contributed by atoms with Crippen molar-refractivity contribution < 1.29 is 19.1 Å². The normalized spacial score (nSPS) is 15.4. The highest BCUT2D eigenvalue weighted by Gasteiger charge is 2.36. The van der Waals surface area contributed by atoms with Gasteiger partial charge in [0.2, 0.25) is 11.8 Å². The summed E-state index contributed by atoms with van der Waals surface area (Å²) in [7, 11) is 0. The van der Waals surface area contributed by atoms with Gasteiger partial charge in [0.1, 0.15) is 17.2 Å². The highest BCUT2D eigenvalue weighted by atomic mass is 32.2. The molecule has 0 aliphatic carbocycles. The molecule has 3 rings (SSSR count). The van der Waals surface area contributed by atoms with E-state index in [4.69, 9.17) is 4.74 Å². The largest absolute Gasteiger partial charge is 0.444 e. The number of hydrogen-bond acceptors (Lipinski definition) is 5. The van der Waals surface area contributed by atoms with Gasteiger partial charge in [-0.15, -0.1) is 0 Å². The molecule has 3 amide bonds. The Morgan fingerprint density at radius 2 is 1.53 bits per heavy atom. The van der Waals surface area contributed by atoms with Crippen LogP contribution in [0.25, 0.3) is 0 Å². The summed E-state index contributed by atoms with van der Waals surface area (Å²) in [5.41, 5.74) is 0.517. The first-order valence-electron chi connectivity index (χ1n) is 13.2. The van der Waals surface area contributed by atoms with Crippen LogP contribution in [0.3, 0.4) is 0 Å². The topological polar surface area (TPSA) is 87.7 Å². The molecule has 2 aromatic rings. The van der Waals surface area contributed by atoms with Gasteiger partial charge in [0.25, 0.3) is 0 Å². The number of rotatable bonds is 9. The number of thioether (sulfide) groups is 1. The van der Waals surface area contributed by atoms with Crippen LogP contribution >= 0.6 is 11.8 Å². The Kier molecular flexibility index (Phi) is 10.3. The van der Waals surface area contributed by atoms with E-state index >= 15 is 0 Å². The van der Waals surface area contributed by atoms with Crippen molar-refractivity contribution in [3.05, 3.63) is 71.8 Å². The number of likely N-dealkylation sites (tertiary alicyclic amines) is 1. The molecule has 8 heteroatoms. The van der Waals surface area contributed by atoms with Crippen molar-refractivity contribution >= 4 is 29.7 Å². The van der Waals surface area contributed by atoms with Crippen LogP contribution in [0.1, 0.15) is 64.5 Å². The molecule has 206 valence electrons. The molecule has 2 N–H and O–H groups in total. The second kappa shape index (κ2) is 13.2. The second-order valence-electron chi connectivity index (χ2n) is 11.3. The molecule has 7 nitrogen and oxygen atoms in total. The predicted molar refractivity (Wildman–Crippen MR) is 153 cm³/mol. The Bertz CT molecular complexity index is 1060. The minimum atomic E-state index is -1.26. The Labute approximate surface area is 231 Å². The van der Waals surface area contributed by atoms with Crippen LogP contribution < -0.4 is 10.6 Å². The molecular formula is C30H41N3O4S. The molecule has 0 radical (unpaired) electrons. The van der Waals surface area contributed by atoms with Gasteiger partial charge in [-0.25, -0.2) is 4.79 Å². The zero-order chi connectivity index (χ0) is 27.8. The average molecular weight is 540 g/mol. The van der Waals surface area contributed by atoms with Crippen molar-refractivity contribution in [2.75, 3.05) is 18.8 Å². The highest BCUT2D eigenvalue weighted by Crippen LogP contribution is 2.28. The molecule has 0 unspecified atom stereocenters. The molecule has 1 saturated heterocycles. The number of hydrogen-bond donors (Lipinski definition) is 2. The lowest BCUT2D eigenvalue weighted by Crippen LogP contribution is -2.60. The molecule has 2 aromatic carbocycles. The average Bonchev–Trinajstić information content (AvgIpc) is 2.87. The fourth-order valence-electron chi connectivity index (χ4n) is 4.38. The van der Waals surface area contributed by atoms with Crippen LogP contribution in [0.5, 0.6) is 0 Å². The van der Waals surface area contributed by atoms with Crippen molar-refractivity contribution in [1.29, 1.82) is 0 Å². The number of benzene rings is 2. The Hall–Kier alpha value is -3.00. The van der Waals surface area contributed by atoms with E-state index in [0.29, 0.717) is 24.8 Å². The number of carbonyl (C=O) groups excluding carboxylic acids is 3. The Morgan fingerprint density at radius 3 is 2.11 bits per heavy atom. The van der Waals surface area contributed by atoms with Gasteiger partial charge in [-0.05, 0) is 64.5 Å². The molecule has 1 aliphatic rings. The first kappa shape index (κ1) is 29.6. The minimum Gasteiger partial charge on any atom is -0.444 e. The van der Waals surface area contributed by atoms with Crippen molar-refractivity contribution in [2.45, 2.75) is 76.3 Å². The highest BCUT2D eigenvalue weighted by molar-refractivity contribution is 7.98. The van der Waals surface area contributed by atoms with Gasteiger partial charge in [0.15, 0.2) is 0 Å². The fraction of sp³-hybridized carbons (Fsp3) is 0.500. The number of alkyl carbamates (subject to hydrolysis) is 1. The van der Waals surface area contributed by atoms with Gasteiger partial charge in [-0.2, -0.15) is 11.8 Å². The Balaban J connectivity index is 1.65. The first-order valence-corrected chi connectivity index (χ1v) is 14.4. The van der Waals surface area contributed by atoms with E-state index in [0.717, 1.165) is 24.2 Å². The number of carbonyl (C=O) groups is 3. The third-order valence-corrected chi connectivity index (χ3v) is 7.56. The third-order valence-electron chi connectivity index (χ3n) is 6.46. The molecular weight excluding hydrogens is 498 g/mol. The summed E-state index contributed by atoms with van der Waals surface area (Å²) in [4.78, 5) is 41.1. The maximum atomic E-state index is 13.6. The number of piperidine rings is 1. The standard InChI is InChI=1S/C30H41N3O4S/c1-29(2,3)37-28(36)32-30(4,5)27(35)31-25(21-38-20-22-12-8-6-9-13-22)26(34)33-18-16-24(17-19-33)23-14-10-7-11-15-23/h6-15,24-25H,16-21H2,1-5H3,(H,31,35)(H,32,36)/t25-/m0/s1. The van der Waals surface area contributed by atoms with Crippen molar-refractivity contribution in [3.63, 3.8) is 0 Å². The Morgan fingerprint density at radius 1 is 0.947 bits per heavy atom. The maximum absolute atomic E-state index is 13.6. The van der Waals surface area contributed by atoms with E-state index in [1.165, 1.54) is 5.56 Å². The van der Waals surface area contributed by atoms with Crippen LogP contribution in [0, 0.1) is 0 Å². The smallest absolute Gasteiger partial charge is 0.408 e. The van der Waals surface area contributed by atoms with Gasteiger partial charge in [-0.1, -0.05) is 60.7 Å². The van der Waals surface area contributed by atoms with E-state index in [1.807, 2.05) is 41.3 Å². The quantitative estimate of drug-likeness (QED) is 0.462. The van der Waals surface area contributed by atoms with Crippen molar-refractivity contribution in [3.8, 4) is 0 Å². The molecule has 1 fully saturated rings. The summed E-state index contributed by atoms with van der Waals surface area (Å²) in [5, 5.41) is 5.57. The summed E-state index contributed by atoms with van der Waals surface area (Å²) in [6.45, 7) is 9.80. The summed E-state index contributed by atoms with van der Waals surface area (Å²) in [6, 6.07) is 19.7. The van der Waals surface area contributed by atoms with E-state index in [9.17, 15) is 14.4 Å². The van der Waals surface area contributed by atoms with E-state index in [-0.39, 0.29) is 5.91 Å². The lowest BCUT2D eigenvalue weighted by Gasteiger charge is -2.35. The van der Waals surface area contributed by atoms with Gasteiger partial charge in [0.05, 0.1) is 0 Å². The van der Waals surface area contributed by atoms with Gasteiger partial charge in [0, 0.05) is 24.6 Å². The zero-order valence-electron chi connectivity index (χ0n) is 23.2. The maximum Gasteiger partial charge on any atom is 0.408 e. The lowest BCUT2D eigenvalue weighted by molar-refractivity contribution is -0.138. The van der Waals surface area contributed by atoms with Gasteiger partial charge in [-0.3, -0.25) is 9.59 Å². The third kappa shape index (κ3) is 9.08. The van der Waals surface area contributed by atoms with Crippen LogP contribution in [-0.2, 0) is 20.1 Å². The van der Waals surface area contributed by atoms with E-state index in [1.54, 1.807) is 46.4 Å². The summed E-state index contributed by atoms with van der Waals surface area (Å²) < 4.78 is 5.32. The molecule has 1 aliphatic heterocycles. The predicted octanol–water partition coefficient (Wildman–Crippen LogP) is 5.11. The number of amides is 3. The molecule has 0 saturated carbocycles. The van der Waals surface area contributed by atoms with Gasteiger partial charge >= 0.3 is 6.09 Å². The summed E-state index contributed by atoms with van der Waals surface area (Å²) in [5.74, 6) is 1.08. The van der Waals surface area contributed by atoms with Crippen molar-refractivity contribution in [2.24, 2.45) is 0 Å².